The van der Waals surface area contributed by atoms with Crippen molar-refractivity contribution in [2.24, 2.45) is 0 Å². The number of nitrogens with one attached hydrogen (secondary N) is 1. The molecule has 0 bridgehead atoms. The molecule has 0 aromatic heterocycles. The first-order chi connectivity index (χ1) is 9.29. The maximum atomic E-state index is 5.57. The summed E-state index contributed by atoms with van der Waals surface area (Å²) in [4.78, 5) is 0. The Balaban J connectivity index is 1.94. The zero-order valence-electron chi connectivity index (χ0n) is 12.0. The number of benzene rings is 1. The van der Waals surface area contributed by atoms with E-state index >= 15 is 0 Å². The highest BCUT2D eigenvalue weighted by molar-refractivity contribution is 5.26. The highest BCUT2D eigenvalue weighted by atomic mass is 16.7. The van der Waals surface area contributed by atoms with Crippen molar-refractivity contribution in [3.05, 3.63) is 35.4 Å². The molecule has 1 fully saturated rings. The number of hydrogen-bond acceptors (Lipinski definition) is 3. The van der Waals surface area contributed by atoms with Crippen LogP contribution in [0, 0.1) is 6.92 Å². The third-order valence-corrected chi connectivity index (χ3v) is 3.58. The summed E-state index contributed by atoms with van der Waals surface area (Å²) in [6, 6.07) is 9.02. The van der Waals surface area contributed by atoms with E-state index in [1.165, 1.54) is 11.1 Å². The van der Waals surface area contributed by atoms with Gasteiger partial charge < -0.3 is 14.8 Å². The highest BCUT2D eigenvalue weighted by Crippen LogP contribution is 2.16. The van der Waals surface area contributed by atoms with Crippen LogP contribution in [0.4, 0.5) is 0 Å². The van der Waals surface area contributed by atoms with E-state index in [4.69, 9.17) is 9.47 Å². The summed E-state index contributed by atoms with van der Waals surface area (Å²) in [5.74, 6) is 0. The second kappa shape index (κ2) is 7.63. The van der Waals surface area contributed by atoms with E-state index in [9.17, 15) is 0 Å². The van der Waals surface area contributed by atoms with E-state index in [2.05, 4.69) is 43.4 Å². The van der Waals surface area contributed by atoms with Gasteiger partial charge in [-0.3, -0.25) is 0 Å². The molecule has 3 nitrogen and oxygen atoms in total. The predicted molar refractivity (Wildman–Crippen MR) is 77.3 cm³/mol. The molecule has 1 N–H and O–H groups in total. The van der Waals surface area contributed by atoms with E-state index in [1.807, 2.05) is 0 Å². The summed E-state index contributed by atoms with van der Waals surface area (Å²) in [5, 5.41) is 3.61. The third-order valence-electron chi connectivity index (χ3n) is 3.58. The van der Waals surface area contributed by atoms with E-state index in [0.717, 1.165) is 39.0 Å². The molecule has 1 saturated heterocycles. The fraction of sp³-hybridized carbons (Fsp3) is 0.625. The molecule has 19 heavy (non-hydrogen) atoms. The van der Waals surface area contributed by atoms with Gasteiger partial charge in [0, 0.05) is 12.5 Å². The second-order valence-electron chi connectivity index (χ2n) is 5.19. The maximum absolute atomic E-state index is 5.57. The Bertz CT molecular complexity index is 375. The minimum absolute atomic E-state index is 0.0293. The molecule has 0 saturated carbocycles. The first-order valence-corrected chi connectivity index (χ1v) is 7.30. The van der Waals surface area contributed by atoms with Crippen molar-refractivity contribution in [1.82, 2.24) is 5.32 Å². The van der Waals surface area contributed by atoms with Crippen LogP contribution in [0.15, 0.2) is 24.3 Å². The quantitative estimate of drug-likeness (QED) is 0.820. The van der Waals surface area contributed by atoms with E-state index < -0.39 is 0 Å². The average Bonchev–Trinajstić information content (AvgIpc) is 2.91. The first kappa shape index (κ1) is 14.5. The van der Waals surface area contributed by atoms with Gasteiger partial charge in [0.2, 0.25) is 0 Å². The molecule has 1 aliphatic rings. The maximum Gasteiger partial charge on any atom is 0.159 e. The van der Waals surface area contributed by atoms with Crippen molar-refractivity contribution in [2.45, 2.75) is 45.4 Å². The summed E-state index contributed by atoms with van der Waals surface area (Å²) in [6.45, 7) is 6.88. The van der Waals surface area contributed by atoms with Crippen LogP contribution in [0.2, 0.25) is 0 Å². The van der Waals surface area contributed by atoms with Crippen molar-refractivity contribution in [3.8, 4) is 0 Å². The molecule has 1 aromatic rings. The topological polar surface area (TPSA) is 30.5 Å². The molecule has 1 heterocycles. The Morgan fingerprint density at radius 2 is 2.00 bits per heavy atom. The molecule has 3 heteroatoms. The van der Waals surface area contributed by atoms with E-state index in [0.29, 0.717) is 6.04 Å². The molecular weight excluding hydrogens is 238 g/mol. The van der Waals surface area contributed by atoms with Crippen molar-refractivity contribution < 1.29 is 9.47 Å². The van der Waals surface area contributed by atoms with Gasteiger partial charge in [0.1, 0.15) is 0 Å². The Hall–Kier alpha value is -0.900. The molecule has 0 aliphatic carbocycles. The van der Waals surface area contributed by atoms with Crippen LogP contribution < -0.4 is 5.32 Å². The largest absolute Gasteiger partial charge is 0.350 e. The van der Waals surface area contributed by atoms with Crippen molar-refractivity contribution >= 4 is 0 Å². The zero-order chi connectivity index (χ0) is 13.5. The molecule has 0 amide bonds. The summed E-state index contributed by atoms with van der Waals surface area (Å²) < 4.78 is 11.1. The number of aryl methyl sites for hydroxylation is 1. The van der Waals surface area contributed by atoms with Gasteiger partial charge in [-0.25, -0.2) is 0 Å². The molecule has 1 atom stereocenters. The Labute approximate surface area is 116 Å². The second-order valence-corrected chi connectivity index (χ2v) is 5.19. The van der Waals surface area contributed by atoms with Crippen LogP contribution >= 0.6 is 0 Å². The molecule has 2 rings (SSSR count). The number of rotatable bonds is 7. The van der Waals surface area contributed by atoms with Gasteiger partial charge in [-0.1, -0.05) is 31.2 Å². The summed E-state index contributed by atoms with van der Waals surface area (Å²) in [5.41, 5.74) is 2.77. The van der Waals surface area contributed by atoms with Crippen molar-refractivity contribution in [3.63, 3.8) is 0 Å². The van der Waals surface area contributed by atoms with Gasteiger partial charge in [-0.05, 0) is 37.4 Å². The Morgan fingerprint density at radius 3 is 2.68 bits per heavy atom. The molecule has 1 aromatic carbocycles. The minimum Gasteiger partial charge on any atom is -0.350 e. The normalized spacial score (nSPS) is 17.8. The monoisotopic (exact) mass is 263 g/mol. The number of ether oxygens (including phenoxy) is 2. The van der Waals surface area contributed by atoms with Gasteiger partial charge in [0.25, 0.3) is 0 Å². The van der Waals surface area contributed by atoms with Crippen LogP contribution in [0.25, 0.3) is 0 Å². The molecule has 106 valence electrons. The van der Waals surface area contributed by atoms with Crippen LogP contribution in [-0.4, -0.2) is 32.1 Å². The van der Waals surface area contributed by atoms with Crippen molar-refractivity contribution in [2.75, 3.05) is 19.8 Å². The first-order valence-electron chi connectivity index (χ1n) is 7.30. The van der Waals surface area contributed by atoms with Crippen LogP contribution in [0.5, 0.6) is 0 Å². The van der Waals surface area contributed by atoms with Gasteiger partial charge in [-0.15, -0.1) is 0 Å². The standard InChI is InChI=1S/C16H25NO2/c1-3-8-17-15(12-16-18-9-10-19-16)11-14-7-5-4-6-13(14)2/h4-7,15-17H,3,8-12H2,1-2H3. The smallest absolute Gasteiger partial charge is 0.159 e. The SMILES string of the molecule is CCCNC(Cc1ccccc1C)CC1OCCO1. The lowest BCUT2D eigenvalue weighted by molar-refractivity contribution is -0.0526. The third kappa shape index (κ3) is 4.60. The molecule has 0 spiro atoms. The Kier molecular flexibility index (Phi) is 5.83. The fourth-order valence-corrected chi connectivity index (χ4v) is 2.47. The summed E-state index contributed by atoms with van der Waals surface area (Å²) in [6.07, 6.45) is 3.08. The van der Waals surface area contributed by atoms with Gasteiger partial charge in [0.05, 0.1) is 13.2 Å². The van der Waals surface area contributed by atoms with Gasteiger partial charge in [-0.2, -0.15) is 0 Å². The summed E-state index contributed by atoms with van der Waals surface area (Å²) >= 11 is 0. The van der Waals surface area contributed by atoms with Crippen LogP contribution in [-0.2, 0) is 15.9 Å². The fourth-order valence-electron chi connectivity index (χ4n) is 2.47. The van der Waals surface area contributed by atoms with E-state index in [-0.39, 0.29) is 6.29 Å². The number of hydrogen-bond donors (Lipinski definition) is 1. The van der Waals surface area contributed by atoms with Crippen LogP contribution in [0.1, 0.15) is 30.9 Å². The van der Waals surface area contributed by atoms with E-state index in [1.54, 1.807) is 0 Å². The van der Waals surface area contributed by atoms with Gasteiger partial charge in [0.15, 0.2) is 6.29 Å². The lowest BCUT2D eigenvalue weighted by Crippen LogP contribution is -2.35. The Morgan fingerprint density at radius 1 is 1.26 bits per heavy atom. The molecule has 1 unspecified atom stereocenters. The minimum atomic E-state index is -0.0293. The van der Waals surface area contributed by atoms with Gasteiger partial charge >= 0.3 is 0 Å². The average molecular weight is 263 g/mol. The summed E-state index contributed by atoms with van der Waals surface area (Å²) in [7, 11) is 0. The lowest BCUT2D eigenvalue weighted by Gasteiger charge is -2.22. The molecule has 0 radical (unpaired) electrons. The molecular formula is C16H25NO2. The lowest BCUT2D eigenvalue weighted by atomic mass is 9.99. The zero-order valence-corrected chi connectivity index (χ0v) is 12.0. The van der Waals surface area contributed by atoms with Crippen LogP contribution in [0.3, 0.4) is 0 Å². The van der Waals surface area contributed by atoms with Crippen molar-refractivity contribution in [1.29, 1.82) is 0 Å². The molecule has 1 aliphatic heterocycles. The highest BCUT2D eigenvalue weighted by Gasteiger charge is 2.21. The predicted octanol–water partition coefficient (Wildman–Crippen LogP) is 2.67.